The molecule has 5 nitrogen and oxygen atoms in total. The Kier molecular flexibility index (Phi) is 4.01. The second-order valence-electron chi connectivity index (χ2n) is 5.34. The van der Waals surface area contributed by atoms with E-state index in [0.29, 0.717) is 11.7 Å². The van der Waals surface area contributed by atoms with Gasteiger partial charge in [-0.2, -0.15) is 0 Å². The molecule has 19 heavy (non-hydrogen) atoms. The fourth-order valence-corrected chi connectivity index (χ4v) is 2.84. The van der Waals surface area contributed by atoms with Crippen LogP contribution < -0.4 is 11.3 Å². The number of anilines is 1. The van der Waals surface area contributed by atoms with Gasteiger partial charge in [-0.05, 0) is 32.1 Å². The molecule has 1 aliphatic rings. The Morgan fingerprint density at radius 3 is 2.79 bits per heavy atom. The highest BCUT2D eigenvalue weighted by Crippen LogP contribution is 2.41. The lowest BCUT2D eigenvalue weighted by Gasteiger charge is -2.37. The minimum absolute atomic E-state index is 0.0251. The van der Waals surface area contributed by atoms with Crippen LogP contribution in [0, 0.1) is 18.7 Å². The topological polar surface area (TPSA) is 73.1 Å². The molecule has 106 valence electrons. The first kappa shape index (κ1) is 14.1. The van der Waals surface area contributed by atoms with Crippen molar-refractivity contribution < 1.29 is 9.13 Å². The predicted molar refractivity (Wildman–Crippen MR) is 70.9 cm³/mol. The molecule has 2 unspecified atom stereocenters. The summed E-state index contributed by atoms with van der Waals surface area (Å²) in [5.41, 5.74) is 2.05. The van der Waals surface area contributed by atoms with E-state index in [1.807, 2.05) is 0 Å². The van der Waals surface area contributed by atoms with Gasteiger partial charge in [0.1, 0.15) is 5.60 Å². The molecule has 1 aliphatic carbocycles. The standard InChI is InChI=1S/C13H21FN4O/c1-8-5-4-6-13(7-8,19-3)12-16-9(2)10(14)11(17-12)18-15/h8H,4-7,15H2,1-3H3,(H,16,17,18). The van der Waals surface area contributed by atoms with Crippen molar-refractivity contribution in [1.29, 1.82) is 0 Å². The fourth-order valence-electron chi connectivity index (χ4n) is 2.84. The summed E-state index contributed by atoms with van der Waals surface area (Å²) >= 11 is 0. The lowest BCUT2D eigenvalue weighted by atomic mass is 9.78. The first-order valence-electron chi connectivity index (χ1n) is 6.59. The van der Waals surface area contributed by atoms with Crippen LogP contribution in [-0.4, -0.2) is 17.1 Å². The van der Waals surface area contributed by atoms with Gasteiger partial charge in [-0.15, -0.1) is 0 Å². The summed E-state index contributed by atoms with van der Waals surface area (Å²) in [6.45, 7) is 3.79. The molecule has 0 bridgehead atoms. The summed E-state index contributed by atoms with van der Waals surface area (Å²) in [4.78, 5) is 8.48. The summed E-state index contributed by atoms with van der Waals surface area (Å²) in [6, 6.07) is 0. The highest BCUT2D eigenvalue weighted by atomic mass is 19.1. The van der Waals surface area contributed by atoms with Gasteiger partial charge in [0.05, 0.1) is 5.69 Å². The number of methoxy groups -OCH3 is 1. The third kappa shape index (κ3) is 2.55. The summed E-state index contributed by atoms with van der Waals surface area (Å²) in [5.74, 6) is 5.88. The SMILES string of the molecule is COC1(c2nc(C)c(F)c(NN)n2)CCCC(C)C1. The second-order valence-corrected chi connectivity index (χ2v) is 5.34. The number of nitrogens with one attached hydrogen (secondary N) is 1. The van der Waals surface area contributed by atoms with Gasteiger partial charge in [0.15, 0.2) is 17.5 Å². The third-order valence-electron chi connectivity index (χ3n) is 3.91. The second kappa shape index (κ2) is 5.38. The van der Waals surface area contributed by atoms with E-state index in [1.54, 1.807) is 14.0 Å². The molecular weight excluding hydrogens is 247 g/mol. The molecule has 1 saturated carbocycles. The van der Waals surface area contributed by atoms with Crippen molar-refractivity contribution in [3.05, 3.63) is 17.3 Å². The van der Waals surface area contributed by atoms with Crippen LogP contribution >= 0.6 is 0 Å². The van der Waals surface area contributed by atoms with Crippen LogP contribution in [0.15, 0.2) is 0 Å². The van der Waals surface area contributed by atoms with Crippen LogP contribution in [0.2, 0.25) is 0 Å². The molecule has 0 spiro atoms. The maximum absolute atomic E-state index is 13.7. The molecule has 0 aromatic carbocycles. The maximum atomic E-state index is 13.7. The van der Waals surface area contributed by atoms with Gasteiger partial charge >= 0.3 is 0 Å². The first-order chi connectivity index (χ1) is 9.02. The van der Waals surface area contributed by atoms with Crippen LogP contribution in [0.4, 0.5) is 10.2 Å². The number of nitrogens with zero attached hydrogens (tertiary/aromatic N) is 2. The Labute approximate surface area is 112 Å². The minimum Gasteiger partial charge on any atom is -0.370 e. The van der Waals surface area contributed by atoms with Crippen LogP contribution in [0.25, 0.3) is 0 Å². The molecule has 6 heteroatoms. The van der Waals surface area contributed by atoms with Gasteiger partial charge in [0.2, 0.25) is 0 Å². The molecule has 0 saturated heterocycles. The zero-order chi connectivity index (χ0) is 14.0. The molecule has 2 rings (SSSR count). The van der Waals surface area contributed by atoms with E-state index in [-0.39, 0.29) is 11.5 Å². The molecule has 1 fully saturated rings. The van der Waals surface area contributed by atoms with Crippen molar-refractivity contribution in [2.45, 2.75) is 45.1 Å². The van der Waals surface area contributed by atoms with Crippen molar-refractivity contribution in [3.8, 4) is 0 Å². The summed E-state index contributed by atoms with van der Waals surface area (Å²) in [5, 5.41) is 0. The summed E-state index contributed by atoms with van der Waals surface area (Å²) in [7, 11) is 1.66. The number of halogens is 1. The maximum Gasteiger partial charge on any atom is 0.187 e. The van der Waals surface area contributed by atoms with E-state index in [4.69, 9.17) is 10.6 Å². The number of hydrogen-bond donors (Lipinski definition) is 2. The fraction of sp³-hybridized carbons (Fsp3) is 0.692. The predicted octanol–water partition coefficient (Wildman–Crippen LogP) is 2.26. The Morgan fingerprint density at radius 2 is 2.21 bits per heavy atom. The summed E-state index contributed by atoms with van der Waals surface area (Å²) in [6.07, 6.45) is 3.93. The van der Waals surface area contributed by atoms with Crippen LogP contribution in [-0.2, 0) is 10.3 Å². The number of ether oxygens (including phenoxy) is 1. The molecule has 0 aliphatic heterocycles. The van der Waals surface area contributed by atoms with Crippen LogP contribution in [0.5, 0.6) is 0 Å². The van der Waals surface area contributed by atoms with Gasteiger partial charge in [0.25, 0.3) is 0 Å². The van der Waals surface area contributed by atoms with Crippen molar-refractivity contribution in [1.82, 2.24) is 9.97 Å². The molecule has 1 aromatic rings. The molecule has 2 atom stereocenters. The normalized spacial score (nSPS) is 27.3. The molecular formula is C13H21FN4O. The number of nitrogen functional groups attached to an aromatic ring is 1. The monoisotopic (exact) mass is 268 g/mol. The molecule has 3 N–H and O–H groups in total. The molecule has 1 aromatic heterocycles. The van der Waals surface area contributed by atoms with E-state index >= 15 is 0 Å². The van der Waals surface area contributed by atoms with E-state index in [2.05, 4.69) is 22.3 Å². The van der Waals surface area contributed by atoms with Crippen molar-refractivity contribution in [2.75, 3.05) is 12.5 Å². The smallest absolute Gasteiger partial charge is 0.187 e. The van der Waals surface area contributed by atoms with Gasteiger partial charge in [-0.25, -0.2) is 20.2 Å². The van der Waals surface area contributed by atoms with Crippen molar-refractivity contribution in [3.63, 3.8) is 0 Å². The largest absolute Gasteiger partial charge is 0.370 e. The average Bonchev–Trinajstić information content (AvgIpc) is 2.41. The number of aromatic nitrogens is 2. The zero-order valence-corrected chi connectivity index (χ0v) is 11.7. The number of nitrogens with two attached hydrogens (primary N) is 1. The van der Waals surface area contributed by atoms with E-state index in [0.717, 1.165) is 19.3 Å². The van der Waals surface area contributed by atoms with Gasteiger partial charge in [0, 0.05) is 7.11 Å². The average molecular weight is 268 g/mol. The Balaban J connectivity index is 2.46. The quantitative estimate of drug-likeness (QED) is 0.650. The lowest BCUT2D eigenvalue weighted by molar-refractivity contribution is -0.0647. The van der Waals surface area contributed by atoms with Gasteiger partial charge in [-0.3, -0.25) is 0 Å². The number of hydrazine groups is 1. The van der Waals surface area contributed by atoms with Crippen molar-refractivity contribution in [2.24, 2.45) is 11.8 Å². The molecule has 0 radical (unpaired) electrons. The number of hydrogen-bond acceptors (Lipinski definition) is 5. The summed E-state index contributed by atoms with van der Waals surface area (Å²) < 4.78 is 19.5. The van der Waals surface area contributed by atoms with E-state index < -0.39 is 11.4 Å². The minimum atomic E-state index is -0.526. The molecule has 0 amide bonds. The van der Waals surface area contributed by atoms with Gasteiger partial charge in [-0.1, -0.05) is 13.3 Å². The van der Waals surface area contributed by atoms with E-state index in [9.17, 15) is 4.39 Å². The van der Waals surface area contributed by atoms with E-state index in [1.165, 1.54) is 6.42 Å². The van der Waals surface area contributed by atoms with Crippen LogP contribution in [0.3, 0.4) is 0 Å². The van der Waals surface area contributed by atoms with Crippen LogP contribution in [0.1, 0.15) is 44.1 Å². The van der Waals surface area contributed by atoms with Crippen molar-refractivity contribution >= 4 is 5.82 Å². The Morgan fingerprint density at radius 1 is 1.47 bits per heavy atom. The zero-order valence-electron chi connectivity index (χ0n) is 11.7. The lowest BCUT2D eigenvalue weighted by Crippen LogP contribution is -2.36. The molecule has 1 heterocycles. The Hall–Kier alpha value is -1.27. The first-order valence-corrected chi connectivity index (χ1v) is 6.59. The highest BCUT2D eigenvalue weighted by Gasteiger charge is 2.40. The third-order valence-corrected chi connectivity index (χ3v) is 3.91. The number of rotatable bonds is 3. The number of aryl methyl sites for hydroxylation is 1. The Bertz CT molecular complexity index is 468. The highest BCUT2D eigenvalue weighted by molar-refractivity contribution is 5.37. The van der Waals surface area contributed by atoms with Gasteiger partial charge < -0.3 is 10.2 Å².